The minimum Gasteiger partial charge on any atom is -0.396 e. The van der Waals surface area contributed by atoms with Gasteiger partial charge in [-0.25, -0.2) is 0 Å². The quantitative estimate of drug-likeness (QED) is 0.732. The molecule has 2 heteroatoms. The lowest BCUT2D eigenvalue weighted by Gasteiger charge is -2.27. The molecule has 0 aliphatic carbocycles. The molecule has 1 aromatic carbocycles. The lowest BCUT2D eigenvalue weighted by Crippen LogP contribution is -2.30. The van der Waals surface area contributed by atoms with Crippen molar-refractivity contribution in [2.45, 2.75) is 18.4 Å². The van der Waals surface area contributed by atoms with Gasteiger partial charge in [-0.15, -0.1) is 0 Å². The zero-order chi connectivity index (χ0) is 10.0. The van der Waals surface area contributed by atoms with Crippen LogP contribution in [-0.4, -0.2) is 24.4 Å². The number of rotatable bonds is 4. The summed E-state index contributed by atoms with van der Waals surface area (Å²) in [6, 6.07) is 10.2. The van der Waals surface area contributed by atoms with Crippen molar-refractivity contribution >= 4 is 0 Å². The fourth-order valence-electron chi connectivity index (χ4n) is 1.82. The van der Waals surface area contributed by atoms with Crippen molar-refractivity contribution in [2.75, 3.05) is 13.2 Å². The van der Waals surface area contributed by atoms with Crippen LogP contribution in [0.15, 0.2) is 30.3 Å². The molecule has 0 bridgehead atoms. The predicted molar refractivity (Wildman–Crippen MR) is 54.9 cm³/mol. The maximum absolute atomic E-state index is 9.03. The smallest absolute Gasteiger partial charge is 0.0907 e. The molecule has 14 heavy (non-hydrogen) atoms. The first-order valence-corrected chi connectivity index (χ1v) is 4.90. The number of benzene rings is 1. The van der Waals surface area contributed by atoms with Crippen LogP contribution in [0.1, 0.15) is 12.5 Å². The van der Waals surface area contributed by atoms with Crippen molar-refractivity contribution < 1.29 is 9.84 Å². The van der Waals surface area contributed by atoms with Gasteiger partial charge in [0.15, 0.2) is 0 Å². The lowest BCUT2D eigenvalue weighted by atomic mass is 9.77. The van der Waals surface area contributed by atoms with Crippen LogP contribution in [0.5, 0.6) is 0 Å². The van der Waals surface area contributed by atoms with Gasteiger partial charge in [0.2, 0.25) is 0 Å². The number of hydrogen-bond donors (Lipinski definition) is 1. The minimum atomic E-state index is -0.143. The molecule has 2 rings (SSSR count). The topological polar surface area (TPSA) is 32.8 Å². The molecule has 1 aromatic rings. The van der Waals surface area contributed by atoms with Gasteiger partial charge in [0.05, 0.1) is 12.7 Å². The Bertz CT molecular complexity index is 292. The van der Waals surface area contributed by atoms with Crippen LogP contribution in [0.3, 0.4) is 0 Å². The van der Waals surface area contributed by atoms with Crippen LogP contribution in [-0.2, 0) is 10.2 Å². The van der Waals surface area contributed by atoms with E-state index in [2.05, 4.69) is 19.1 Å². The maximum Gasteiger partial charge on any atom is 0.0907 e. The van der Waals surface area contributed by atoms with Gasteiger partial charge < -0.3 is 9.84 Å². The molecule has 0 amide bonds. The zero-order valence-corrected chi connectivity index (χ0v) is 8.31. The van der Waals surface area contributed by atoms with Gasteiger partial charge in [-0.3, -0.25) is 0 Å². The van der Waals surface area contributed by atoms with Gasteiger partial charge in [-0.2, -0.15) is 0 Å². The van der Waals surface area contributed by atoms with E-state index in [4.69, 9.17) is 9.84 Å². The van der Waals surface area contributed by atoms with Crippen LogP contribution in [0.25, 0.3) is 0 Å². The molecule has 2 unspecified atom stereocenters. The summed E-state index contributed by atoms with van der Waals surface area (Å²) in [5, 5.41) is 9.03. The van der Waals surface area contributed by atoms with Crippen molar-refractivity contribution in [3.8, 4) is 0 Å². The van der Waals surface area contributed by atoms with Crippen LogP contribution >= 0.6 is 0 Å². The molecule has 0 saturated carbocycles. The summed E-state index contributed by atoms with van der Waals surface area (Å²) in [4.78, 5) is 0. The molecule has 1 saturated heterocycles. The number of ether oxygens (including phenoxy) is 1. The third-order valence-electron chi connectivity index (χ3n) is 2.91. The average molecular weight is 191 g/mol. The Morgan fingerprint density at radius 1 is 1.50 bits per heavy atom. The zero-order valence-electron chi connectivity index (χ0n) is 8.31. The monoisotopic (exact) mass is 191 g/mol. The van der Waals surface area contributed by atoms with Crippen LogP contribution in [0, 0.1) is 6.42 Å². The van der Waals surface area contributed by atoms with E-state index < -0.39 is 0 Å². The fourth-order valence-corrected chi connectivity index (χ4v) is 1.82. The maximum atomic E-state index is 9.03. The average Bonchev–Trinajstić information content (AvgIpc) is 3.03. The highest BCUT2D eigenvalue weighted by Crippen LogP contribution is 2.38. The third kappa shape index (κ3) is 1.68. The molecule has 0 spiro atoms. The lowest BCUT2D eigenvalue weighted by molar-refractivity contribution is 0.269. The van der Waals surface area contributed by atoms with Gasteiger partial charge in [0.25, 0.3) is 0 Å². The fraction of sp³-hybridized carbons (Fsp3) is 0.417. The normalized spacial score (nSPS) is 24.3. The van der Waals surface area contributed by atoms with Crippen molar-refractivity contribution in [3.63, 3.8) is 0 Å². The van der Waals surface area contributed by atoms with Gasteiger partial charge in [0, 0.05) is 12.0 Å². The largest absolute Gasteiger partial charge is 0.396 e. The van der Waals surface area contributed by atoms with Crippen LogP contribution in [0.4, 0.5) is 0 Å². The first kappa shape index (κ1) is 9.69. The summed E-state index contributed by atoms with van der Waals surface area (Å²) in [6.07, 6.45) is 2.15. The first-order valence-electron chi connectivity index (χ1n) is 4.90. The first-order chi connectivity index (χ1) is 6.77. The highest BCUT2D eigenvalue weighted by Gasteiger charge is 2.44. The van der Waals surface area contributed by atoms with Crippen molar-refractivity contribution in [3.05, 3.63) is 42.3 Å². The molecular formula is C12H15O2. The summed E-state index contributed by atoms with van der Waals surface area (Å²) >= 11 is 0. The second kappa shape index (κ2) is 3.71. The number of aliphatic hydroxyl groups is 1. The molecule has 1 aliphatic rings. The SMILES string of the molecule is CC([CH]CO)(c1ccccc1)C1CO1. The summed E-state index contributed by atoms with van der Waals surface area (Å²) in [6.45, 7) is 2.99. The summed E-state index contributed by atoms with van der Waals surface area (Å²) in [5.41, 5.74) is 1.06. The Balaban J connectivity index is 2.26. The van der Waals surface area contributed by atoms with Crippen molar-refractivity contribution in [2.24, 2.45) is 0 Å². The van der Waals surface area contributed by atoms with E-state index in [0.717, 1.165) is 6.61 Å². The highest BCUT2D eigenvalue weighted by atomic mass is 16.6. The molecular weight excluding hydrogens is 176 g/mol. The predicted octanol–water partition coefficient (Wildman–Crippen LogP) is 1.54. The summed E-state index contributed by atoms with van der Waals surface area (Å²) < 4.78 is 5.34. The Hall–Kier alpha value is -0.860. The standard InChI is InChI=1S/C12H15O2/c1-12(7-8-13,11-9-14-11)10-5-3-2-4-6-10/h2-7,11,13H,8-9H2,1H3. The molecule has 1 fully saturated rings. The van der Waals surface area contributed by atoms with Gasteiger partial charge >= 0.3 is 0 Å². The summed E-state index contributed by atoms with van der Waals surface area (Å²) in [5.74, 6) is 0. The second-order valence-corrected chi connectivity index (χ2v) is 3.86. The van der Waals surface area contributed by atoms with Gasteiger partial charge in [-0.1, -0.05) is 37.3 Å². The van der Waals surface area contributed by atoms with Crippen molar-refractivity contribution in [1.29, 1.82) is 0 Å². The number of hydrogen-bond acceptors (Lipinski definition) is 2. The molecule has 0 aromatic heterocycles. The molecule has 1 aliphatic heterocycles. The van der Waals surface area contributed by atoms with E-state index in [0.29, 0.717) is 0 Å². The van der Waals surface area contributed by atoms with Crippen molar-refractivity contribution in [1.82, 2.24) is 0 Å². The van der Waals surface area contributed by atoms with E-state index in [1.54, 1.807) is 0 Å². The minimum absolute atomic E-state index is 0.0885. The highest BCUT2D eigenvalue weighted by molar-refractivity contribution is 5.31. The second-order valence-electron chi connectivity index (χ2n) is 3.86. The third-order valence-corrected chi connectivity index (χ3v) is 2.91. The Morgan fingerprint density at radius 2 is 2.14 bits per heavy atom. The molecule has 1 N–H and O–H groups in total. The van der Waals surface area contributed by atoms with Gasteiger partial charge in [0.1, 0.15) is 0 Å². The van der Waals surface area contributed by atoms with E-state index >= 15 is 0 Å². The molecule has 2 atom stereocenters. The van der Waals surface area contributed by atoms with E-state index in [1.807, 2.05) is 24.6 Å². The Kier molecular flexibility index (Phi) is 2.57. The van der Waals surface area contributed by atoms with E-state index in [1.165, 1.54) is 5.56 Å². The molecule has 75 valence electrons. The number of epoxide rings is 1. The van der Waals surface area contributed by atoms with Gasteiger partial charge in [-0.05, 0) is 12.0 Å². The van der Waals surface area contributed by atoms with E-state index in [9.17, 15) is 0 Å². The van der Waals surface area contributed by atoms with Crippen LogP contribution < -0.4 is 0 Å². The summed E-state index contributed by atoms with van der Waals surface area (Å²) in [7, 11) is 0. The Morgan fingerprint density at radius 3 is 2.64 bits per heavy atom. The Labute approximate surface area is 84.5 Å². The molecule has 1 radical (unpaired) electrons. The molecule has 2 nitrogen and oxygen atoms in total. The van der Waals surface area contributed by atoms with E-state index in [-0.39, 0.29) is 18.1 Å². The molecule has 1 heterocycles. The number of aliphatic hydroxyl groups excluding tert-OH is 1. The van der Waals surface area contributed by atoms with Crippen LogP contribution in [0.2, 0.25) is 0 Å².